The molecule has 1 aliphatic rings. The number of carbonyl (C=O) groups excluding carboxylic acids is 2. The first-order chi connectivity index (χ1) is 14.9. The smallest absolute Gasteiger partial charge is 0.253 e. The minimum absolute atomic E-state index is 0.0570. The molecule has 7 heteroatoms. The first-order valence-electron chi connectivity index (χ1n) is 10.6. The maximum atomic E-state index is 13.0. The largest absolute Gasteiger partial charge is 0.495 e. The number of carbonyl (C=O) groups is 2. The second-order valence-corrected chi connectivity index (χ2v) is 8.57. The van der Waals surface area contributed by atoms with Gasteiger partial charge in [0.2, 0.25) is 5.91 Å². The summed E-state index contributed by atoms with van der Waals surface area (Å²) in [6.07, 6.45) is 3.09. The van der Waals surface area contributed by atoms with Crippen LogP contribution in [0.1, 0.15) is 36.0 Å². The quantitative estimate of drug-likeness (QED) is 0.674. The zero-order chi connectivity index (χ0) is 22.4. The minimum atomic E-state index is -0.0808. The van der Waals surface area contributed by atoms with Crippen molar-refractivity contribution < 1.29 is 14.3 Å². The van der Waals surface area contributed by atoms with Crippen LogP contribution in [-0.4, -0.2) is 51.0 Å². The number of benzene rings is 2. The fourth-order valence-corrected chi connectivity index (χ4v) is 4.08. The third-order valence-corrected chi connectivity index (χ3v) is 5.87. The molecule has 0 unspecified atom stereocenters. The average molecular weight is 444 g/mol. The van der Waals surface area contributed by atoms with Gasteiger partial charge in [0.1, 0.15) is 5.75 Å². The molecular formula is C24H30ClN3O3. The lowest BCUT2D eigenvalue weighted by molar-refractivity contribution is -0.116. The molecule has 0 aliphatic carbocycles. The van der Waals surface area contributed by atoms with Crippen LogP contribution in [0, 0.1) is 5.92 Å². The predicted molar refractivity (Wildman–Crippen MR) is 125 cm³/mol. The molecule has 0 saturated carbocycles. The lowest BCUT2D eigenvalue weighted by Gasteiger charge is -2.33. The first-order valence-corrected chi connectivity index (χ1v) is 10.9. The van der Waals surface area contributed by atoms with E-state index >= 15 is 0 Å². The van der Waals surface area contributed by atoms with Crippen molar-refractivity contribution in [2.24, 2.45) is 5.92 Å². The van der Waals surface area contributed by atoms with Gasteiger partial charge in [0.15, 0.2) is 0 Å². The van der Waals surface area contributed by atoms with E-state index in [9.17, 15) is 9.59 Å². The molecule has 6 nitrogen and oxygen atoms in total. The van der Waals surface area contributed by atoms with Gasteiger partial charge in [-0.25, -0.2) is 0 Å². The number of ether oxygens (including phenoxy) is 1. The van der Waals surface area contributed by atoms with Crippen LogP contribution in [0.15, 0.2) is 42.5 Å². The Morgan fingerprint density at radius 3 is 2.77 bits per heavy atom. The number of likely N-dealkylation sites (tertiary alicyclic amines) is 1. The van der Waals surface area contributed by atoms with Gasteiger partial charge in [-0.05, 0) is 61.6 Å². The summed E-state index contributed by atoms with van der Waals surface area (Å²) in [7, 11) is 5.48. The van der Waals surface area contributed by atoms with Gasteiger partial charge < -0.3 is 19.9 Å². The van der Waals surface area contributed by atoms with Crippen LogP contribution >= 0.6 is 11.6 Å². The minimum Gasteiger partial charge on any atom is -0.495 e. The monoisotopic (exact) mass is 443 g/mol. The van der Waals surface area contributed by atoms with Gasteiger partial charge in [0.05, 0.1) is 12.8 Å². The summed E-state index contributed by atoms with van der Waals surface area (Å²) in [4.78, 5) is 29.4. The maximum absolute atomic E-state index is 13.0. The number of piperidine rings is 1. The number of hydrogen-bond donors (Lipinski definition) is 1. The zero-order valence-electron chi connectivity index (χ0n) is 18.4. The number of halogens is 1. The van der Waals surface area contributed by atoms with Crippen LogP contribution in [0.2, 0.25) is 5.02 Å². The number of amides is 2. The molecule has 1 heterocycles. The van der Waals surface area contributed by atoms with Crippen molar-refractivity contribution in [3.63, 3.8) is 0 Å². The summed E-state index contributed by atoms with van der Waals surface area (Å²) < 4.78 is 5.28. The molecular weight excluding hydrogens is 414 g/mol. The Labute approximate surface area is 189 Å². The second-order valence-electron chi connectivity index (χ2n) is 8.14. The Balaban J connectivity index is 1.55. The van der Waals surface area contributed by atoms with E-state index < -0.39 is 0 Å². The maximum Gasteiger partial charge on any atom is 0.253 e. The van der Waals surface area contributed by atoms with E-state index in [4.69, 9.17) is 16.3 Å². The highest BCUT2D eigenvalue weighted by Gasteiger charge is 2.25. The number of anilines is 2. The van der Waals surface area contributed by atoms with E-state index in [-0.39, 0.29) is 11.8 Å². The van der Waals surface area contributed by atoms with E-state index in [1.165, 1.54) is 0 Å². The summed E-state index contributed by atoms with van der Waals surface area (Å²) in [5, 5.41) is 3.42. The molecule has 1 saturated heterocycles. The molecule has 1 atom stereocenters. The third kappa shape index (κ3) is 6.14. The van der Waals surface area contributed by atoms with Gasteiger partial charge in [-0.15, -0.1) is 0 Å². The summed E-state index contributed by atoms with van der Waals surface area (Å²) in [5.74, 6) is 0.859. The van der Waals surface area contributed by atoms with Crippen molar-refractivity contribution in [1.82, 2.24) is 4.90 Å². The Hall–Kier alpha value is -2.73. The van der Waals surface area contributed by atoms with Gasteiger partial charge >= 0.3 is 0 Å². The van der Waals surface area contributed by atoms with Gasteiger partial charge in [0, 0.05) is 49.9 Å². The highest BCUT2D eigenvalue weighted by atomic mass is 35.5. The van der Waals surface area contributed by atoms with E-state index in [2.05, 4.69) is 5.32 Å². The van der Waals surface area contributed by atoms with Crippen LogP contribution in [0.25, 0.3) is 0 Å². The van der Waals surface area contributed by atoms with Crippen molar-refractivity contribution >= 4 is 34.8 Å². The van der Waals surface area contributed by atoms with Crippen LogP contribution < -0.4 is 15.0 Å². The molecule has 0 spiro atoms. The topological polar surface area (TPSA) is 61.9 Å². The van der Waals surface area contributed by atoms with E-state index in [0.29, 0.717) is 40.9 Å². The van der Waals surface area contributed by atoms with E-state index in [1.54, 1.807) is 25.3 Å². The molecule has 2 aromatic rings. The lowest BCUT2D eigenvalue weighted by atomic mass is 9.92. The highest BCUT2D eigenvalue weighted by Crippen LogP contribution is 2.28. The molecule has 166 valence electrons. The SMILES string of the molecule is COc1ccc(Cl)cc1NC(=O)CC[C@@H]1CCCN(C(=O)c2cccc(N(C)C)c2)C1. The molecule has 1 fully saturated rings. The van der Waals surface area contributed by atoms with Crippen LogP contribution in [0.5, 0.6) is 5.75 Å². The standard InChI is InChI=1S/C24H30ClN3O3/c1-27(2)20-8-4-7-18(14-20)24(30)28-13-5-6-17(16-28)9-12-23(29)26-21-15-19(25)10-11-22(21)31-3/h4,7-8,10-11,14-15,17H,5-6,9,12-13,16H2,1-3H3,(H,26,29)/t17-/m0/s1. The molecule has 0 bridgehead atoms. The summed E-state index contributed by atoms with van der Waals surface area (Å²) >= 11 is 6.03. The highest BCUT2D eigenvalue weighted by molar-refractivity contribution is 6.31. The molecule has 3 rings (SSSR count). The molecule has 1 N–H and O–H groups in total. The van der Waals surface area contributed by atoms with E-state index in [0.717, 1.165) is 31.5 Å². The first kappa shape index (κ1) is 22.9. The Bertz CT molecular complexity index is 932. The molecule has 2 aromatic carbocycles. The van der Waals surface area contributed by atoms with Gasteiger partial charge in [-0.3, -0.25) is 9.59 Å². The fraction of sp³-hybridized carbons (Fsp3) is 0.417. The molecule has 2 amide bonds. The molecule has 0 aromatic heterocycles. The Morgan fingerprint density at radius 2 is 2.03 bits per heavy atom. The van der Waals surface area contributed by atoms with Crippen molar-refractivity contribution in [3.05, 3.63) is 53.1 Å². The lowest BCUT2D eigenvalue weighted by Crippen LogP contribution is -2.40. The number of methoxy groups -OCH3 is 1. The van der Waals surface area contributed by atoms with Gasteiger partial charge in [-0.1, -0.05) is 17.7 Å². The van der Waals surface area contributed by atoms with Crippen molar-refractivity contribution in [3.8, 4) is 5.75 Å². The Morgan fingerprint density at radius 1 is 1.23 bits per heavy atom. The second kappa shape index (κ2) is 10.5. The third-order valence-electron chi connectivity index (χ3n) is 5.63. The van der Waals surface area contributed by atoms with Crippen molar-refractivity contribution in [1.29, 1.82) is 0 Å². The fourth-order valence-electron chi connectivity index (χ4n) is 3.91. The molecule has 31 heavy (non-hydrogen) atoms. The zero-order valence-corrected chi connectivity index (χ0v) is 19.1. The summed E-state index contributed by atoms with van der Waals surface area (Å²) in [5.41, 5.74) is 2.28. The number of nitrogens with one attached hydrogen (secondary N) is 1. The van der Waals surface area contributed by atoms with Crippen molar-refractivity contribution in [2.45, 2.75) is 25.7 Å². The van der Waals surface area contributed by atoms with Crippen LogP contribution in [0.3, 0.4) is 0 Å². The molecule has 0 radical (unpaired) electrons. The Kier molecular flexibility index (Phi) is 7.80. The van der Waals surface area contributed by atoms with E-state index in [1.807, 2.05) is 48.2 Å². The van der Waals surface area contributed by atoms with Gasteiger partial charge in [-0.2, -0.15) is 0 Å². The summed E-state index contributed by atoms with van der Waals surface area (Å²) in [6, 6.07) is 12.8. The number of nitrogens with zero attached hydrogens (tertiary/aromatic N) is 2. The predicted octanol–water partition coefficient (Wildman–Crippen LogP) is 4.69. The van der Waals surface area contributed by atoms with Gasteiger partial charge in [0.25, 0.3) is 5.91 Å². The molecule has 1 aliphatic heterocycles. The van der Waals surface area contributed by atoms with Crippen molar-refractivity contribution in [2.75, 3.05) is 44.5 Å². The van der Waals surface area contributed by atoms with Crippen LogP contribution in [0.4, 0.5) is 11.4 Å². The normalized spacial score (nSPS) is 16.0. The summed E-state index contributed by atoms with van der Waals surface area (Å²) in [6.45, 7) is 1.44. The average Bonchev–Trinajstić information content (AvgIpc) is 2.77. The number of rotatable bonds is 7. The number of hydrogen-bond acceptors (Lipinski definition) is 4. The van der Waals surface area contributed by atoms with Crippen LogP contribution in [-0.2, 0) is 4.79 Å².